The van der Waals surface area contributed by atoms with Crippen LogP contribution in [0.25, 0.3) is 0 Å². The average Bonchev–Trinajstić information content (AvgIpc) is 2.17. The number of nitrogens with two attached hydrogens (primary N) is 1. The topological polar surface area (TPSA) is 70.8 Å². The maximum absolute atomic E-state index is 10.9. The Morgan fingerprint density at radius 2 is 2.07 bits per heavy atom. The molecule has 1 rings (SSSR count). The van der Waals surface area contributed by atoms with Gasteiger partial charge >= 0.3 is 5.97 Å². The lowest BCUT2D eigenvalue weighted by molar-refractivity contribution is -0.151. The number of nitrogens with one attached hydrogen (secondary N) is 1. The molecular weight excluding hydrogens is 184 g/mol. The summed E-state index contributed by atoms with van der Waals surface area (Å²) in [5, 5.41) is 0. The SMILES string of the molecule is CN1CCN(CCC(=O)ONN)CC1. The zero-order valence-electron chi connectivity index (χ0n) is 8.53. The largest absolute Gasteiger partial charge is 0.356 e. The van der Waals surface area contributed by atoms with Gasteiger partial charge in [0.05, 0.1) is 6.42 Å². The van der Waals surface area contributed by atoms with Crippen LogP contribution in [-0.4, -0.2) is 55.5 Å². The lowest BCUT2D eigenvalue weighted by Crippen LogP contribution is -2.45. The number of carbonyl (C=O) groups is 1. The van der Waals surface area contributed by atoms with Gasteiger partial charge in [0.1, 0.15) is 0 Å². The highest BCUT2D eigenvalue weighted by Crippen LogP contribution is 2.00. The molecule has 14 heavy (non-hydrogen) atoms. The second-order valence-electron chi connectivity index (χ2n) is 3.49. The van der Waals surface area contributed by atoms with Gasteiger partial charge in [-0.1, -0.05) is 5.59 Å². The van der Waals surface area contributed by atoms with Crippen molar-refractivity contribution < 1.29 is 9.63 Å². The van der Waals surface area contributed by atoms with Crippen molar-refractivity contribution in [3.05, 3.63) is 0 Å². The molecule has 0 aliphatic carbocycles. The third kappa shape index (κ3) is 4.01. The average molecular weight is 202 g/mol. The van der Waals surface area contributed by atoms with Crippen LogP contribution >= 0.6 is 0 Å². The Morgan fingerprint density at radius 1 is 1.43 bits per heavy atom. The maximum atomic E-state index is 10.9. The molecule has 0 spiro atoms. The number of likely N-dealkylation sites (N-methyl/N-ethyl adjacent to an activating group) is 1. The number of nitrogens with zero attached hydrogens (tertiary/aromatic N) is 2. The molecule has 6 heteroatoms. The van der Waals surface area contributed by atoms with Crippen molar-refractivity contribution in [2.45, 2.75) is 6.42 Å². The smallest absolute Gasteiger partial charge is 0.327 e. The van der Waals surface area contributed by atoms with E-state index in [1.165, 1.54) is 0 Å². The molecule has 0 unspecified atom stereocenters. The van der Waals surface area contributed by atoms with E-state index in [0.29, 0.717) is 6.42 Å². The van der Waals surface area contributed by atoms with E-state index in [-0.39, 0.29) is 5.97 Å². The monoisotopic (exact) mass is 202 g/mol. The van der Waals surface area contributed by atoms with Gasteiger partial charge in [-0.2, -0.15) is 0 Å². The van der Waals surface area contributed by atoms with Crippen LogP contribution in [-0.2, 0) is 9.63 Å². The first kappa shape index (κ1) is 11.4. The fourth-order valence-corrected chi connectivity index (χ4v) is 1.44. The molecule has 0 saturated carbocycles. The molecule has 1 aliphatic rings. The summed E-state index contributed by atoms with van der Waals surface area (Å²) in [6.45, 7) is 4.89. The first-order valence-electron chi connectivity index (χ1n) is 4.78. The molecule has 1 heterocycles. The molecular formula is C8H18N4O2. The Balaban J connectivity index is 2.09. The highest BCUT2D eigenvalue weighted by atomic mass is 16.7. The van der Waals surface area contributed by atoms with E-state index in [0.717, 1.165) is 32.7 Å². The molecule has 0 aromatic rings. The number of hydrazine groups is 1. The van der Waals surface area contributed by atoms with Gasteiger partial charge in [-0.3, -0.25) is 4.79 Å². The van der Waals surface area contributed by atoms with Gasteiger partial charge in [0.2, 0.25) is 0 Å². The summed E-state index contributed by atoms with van der Waals surface area (Å²) < 4.78 is 0. The summed E-state index contributed by atoms with van der Waals surface area (Å²) in [6, 6.07) is 0. The third-order valence-corrected chi connectivity index (χ3v) is 2.40. The zero-order valence-corrected chi connectivity index (χ0v) is 8.53. The van der Waals surface area contributed by atoms with Crippen molar-refractivity contribution >= 4 is 5.97 Å². The predicted octanol–water partition coefficient (Wildman–Crippen LogP) is -1.45. The first-order valence-corrected chi connectivity index (χ1v) is 4.78. The van der Waals surface area contributed by atoms with Gasteiger partial charge in [0.25, 0.3) is 0 Å². The van der Waals surface area contributed by atoms with Crippen LogP contribution in [0.4, 0.5) is 0 Å². The van der Waals surface area contributed by atoms with Gasteiger partial charge in [-0.05, 0) is 7.05 Å². The van der Waals surface area contributed by atoms with Crippen molar-refractivity contribution in [1.29, 1.82) is 0 Å². The van der Waals surface area contributed by atoms with E-state index >= 15 is 0 Å². The molecule has 1 saturated heterocycles. The minimum absolute atomic E-state index is 0.313. The Labute approximate surface area is 83.9 Å². The summed E-state index contributed by atoms with van der Waals surface area (Å²) in [5.74, 6) is 4.53. The van der Waals surface area contributed by atoms with Gasteiger partial charge in [0, 0.05) is 32.7 Å². The fourth-order valence-electron chi connectivity index (χ4n) is 1.44. The van der Waals surface area contributed by atoms with Gasteiger partial charge in [-0.25, -0.2) is 5.84 Å². The lowest BCUT2D eigenvalue weighted by Gasteiger charge is -2.31. The third-order valence-electron chi connectivity index (χ3n) is 2.40. The highest BCUT2D eigenvalue weighted by molar-refractivity contribution is 5.69. The number of piperazine rings is 1. The van der Waals surface area contributed by atoms with E-state index in [9.17, 15) is 4.79 Å². The molecule has 0 amide bonds. The zero-order chi connectivity index (χ0) is 10.4. The molecule has 0 atom stereocenters. The van der Waals surface area contributed by atoms with E-state index in [2.05, 4.69) is 21.7 Å². The van der Waals surface area contributed by atoms with Crippen LogP contribution in [0.15, 0.2) is 0 Å². The summed E-state index contributed by atoms with van der Waals surface area (Å²) in [6.07, 6.45) is 0.383. The normalized spacial score (nSPS) is 19.6. The number of rotatable bonds is 4. The highest BCUT2D eigenvalue weighted by Gasteiger charge is 2.14. The van der Waals surface area contributed by atoms with Crippen LogP contribution in [0.3, 0.4) is 0 Å². The predicted molar refractivity (Wildman–Crippen MR) is 52.0 cm³/mol. The summed E-state index contributed by atoms with van der Waals surface area (Å²) >= 11 is 0. The summed E-state index contributed by atoms with van der Waals surface area (Å²) in [4.78, 5) is 19.9. The van der Waals surface area contributed by atoms with E-state index in [1.54, 1.807) is 0 Å². The van der Waals surface area contributed by atoms with Crippen LogP contribution in [0.2, 0.25) is 0 Å². The molecule has 3 N–H and O–H groups in total. The summed E-state index contributed by atoms with van der Waals surface area (Å²) in [5.41, 5.74) is 1.89. The molecule has 0 aromatic heterocycles. The van der Waals surface area contributed by atoms with Gasteiger partial charge in [-0.15, -0.1) is 0 Å². The van der Waals surface area contributed by atoms with Crippen molar-refractivity contribution in [3.63, 3.8) is 0 Å². The first-order chi connectivity index (χ1) is 6.72. The number of hydrogen-bond acceptors (Lipinski definition) is 6. The standard InChI is InChI=1S/C8H18N4O2/c1-11-4-6-12(7-5-11)3-2-8(13)14-10-9/h10H,2-7,9H2,1H3. The minimum atomic E-state index is -0.313. The van der Waals surface area contributed by atoms with Crippen molar-refractivity contribution in [3.8, 4) is 0 Å². The van der Waals surface area contributed by atoms with Crippen LogP contribution < -0.4 is 11.4 Å². The van der Waals surface area contributed by atoms with Crippen LogP contribution in [0, 0.1) is 0 Å². The van der Waals surface area contributed by atoms with Crippen LogP contribution in [0.5, 0.6) is 0 Å². The van der Waals surface area contributed by atoms with Crippen LogP contribution in [0.1, 0.15) is 6.42 Å². The molecule has 1 aliphatic heterocycles. The fraction of sp³-hybridized carbons (Fsp3) is 0.875. The molecule has 6 nitrogen and oxygen atoms in total. The van der Waals surface area contributed by atoms with Crippen molar-refractivity contribution in [1.82, 2.24) is 15.4 Å². The molecule has 0 aromatic carbocycles. The Hall–Kier alpha value is -0.690. The van der Waals surface area contributed by atoms with E-state index < -0.39 is 0 Å². The quantitative estimate of drug-likeness (QED) is 0.429. The Bertz CT molecular complexity index is 180. The molecule has 0 radical (unpaired) electrons. The lowest BCUT2D eigenvalue weighted by atomic mass is 10.3. The van der Waals surface area contributed by atoms with Crippen molar-refractivity contribution in [2.24, 2.45) is 5.84 Å². The van der Waals surface area contributed by atoms with E-state index in [4.69, 9.17) is 5.84 Å². The van der Waals surface area contributed by atoms with Crippen molar-refractivity contribution in [2.75, 3.05) is 39.8 Å². The van der Waals surface area contributed by atoms with Gasteiger partial charge < -0.3 is 14.6 Å². The minimum Gasteiger partial charge on any atom is -0.356 e. The van der Waals surface area contributed by atoms with Gasteiger partial charge in [0.15, 0.2) is 0 Å². The number of carbonyl (C=O) groups excluding carboxylic acids is 1. The maximum Gasteiger partial charge on any atom is 0.327 e. The number of hydrogen-bond donors (Lipinski definition) is 2. The van der Waals surface area contributed by atoms with E-state index in [1.807, 2.05) is 5.59 Å². The molecule has 82 valence electrons. The molecule has 0 bridgehead atoms. The second-order valence-corrected chi connectivity index (χ2v) is 3.49. The molecule has 1 fully saturated rings. The summed E-state index contributed by atoms with van der Waals surface area (Å²) in [7, 11) is 2.10. The Morgan fingerprint density at radius 3 is 2.64 bits per heavy atom. The second kappa shape index (κ2) is 5.92. The Kier molecular flexibility index (Phi) is 4.81.